The second-order valence-electron chi connectivity index (χ2n) is 6.61. The Balaban J connectivity index is 1.72. The number of alkyl halides is 3. The first-order valence-corrected chi connectivity index (χ1v) is 9.50. The highest BCUT2D eigenvalue weighted by Gasteiger charge is 2.33. The standard InChI is InChI=1S/C20H14ClF3N4O5/c1-11-17(18(21)27(26-11)13-5-3-2-4-6-13)19(30)33-10-16(29)25-14-8-7-12(20(22,23)24)9-15(14)28(31)32/h2-9H,10H2,1H3,(H,25,29). The molecule has 1 N–H and O–H groups in total. The van der Waals surface area contributed by atoms with E-state index in [1.165, 1.54) is 11.6 Å². The molecule has 33 heavy (non-hydrogen) atoms. The maximum atomic E-state index is 12.8. The van der Waals surface area contributed by atoms with Gasteiger partial charge in [-0.3, -0.25) is 14.9 Å². The van der Waals surface area contributed by atoms with Crippen molar-refractivity contribution in [2.45, 2.75) is 13.1 Å². The van der Waals surface area contributed by atoms with Crippen LogP contribution in [0.15, 0.2) is 48.5 Å². The Morgan fingerprint density at radius 3 is 2.48 bits per heavy atom. The summed E-state index contributed by atoms with van der Waals surface area (Å²) in [5.41, 5.74) is -1.98. The minimum Gasteiger partial charge on any atom is -0.452 e. The van der Waals surface area contributed by atoms with E-state index in [2.05, 4.69) is 10.4 Å². The van der Waals surface area contributed by atoms with Crippen molar-refractivity contribution in [3.63, 3.8) is 0 Å². The molecule has 0 fully saturated rings. The molecule has 13 heteroatoms. The molecule has 0 atom stereocenters. The van der Waals surface area contributed by atoms with Crippen molar-refractivity contribution in [3.8, 4) is 5.69 Å². The monoisotopic (exact) mass is 482 g/mol. The normalized spacial score (nSPS) is 11.2. The Labute approximate surface area is 188 Å². The maximum absolute atomic E-state index is 12.8. The van der Waals surface area contributed by atoms with Gasteiger partial charge in [0.1, 0.15) is 16.4 Å². The topological polar surface area (TPSA) is 116 Å². The van der Waals surface area contributed by atoms with Gasteiger partial charge in [0, 0.05) is 6.07 Å². The SMILES string of the molecule is Cc1nn(-c2ccccc2)c(Cl)c1C(=O)OCC(=O)Nc1ccc(C(F)(F)F)cc1[N+](=O)[O-]. The number of carbonyl (C=O) groups excluding carboxylic acids is 2. The van der Waals surface area contributed by atoms with Gasteiger partial charge < -0.3 is 10.1 Å². The first-order chi connectivity index (χ1) is 15.5. The summed E-state index contributed by atoms with van der Waals surface area (Å²) >= 11 is 6.24. The molecule has 1 heterocycles. The lowest BCUT2D eigenvalue weighted by atomic mass is 10.1. The lowest BCUT2D eigenvalue weighted by molar-refractivity contribution is -0.384. The van der Waals surface area contributed by atoms with Crippen LogP contribution in [0.3, 0.4) is 0 Å². The molecule has 0 spiro atoms. The van der Waals surface area contributed by atoms with E-state index in [0.717, 1.165) is 6.07 Å². The zero-order chi connectivity index (χ0) is 24.3. The molecule has 0 aliphatic carbocycles. The summed E-state index contributed by atoms with van der Waals surface area (Å²) in [5.74, 6) is -1.98. The third-order valence-corrected chi connectivity index (χ3v) is 4.69. The van der Waals surface area contributed by atoms with Crippen LogP contribution in [0.1, 0.15) is 21.6 Å². The molecule has 0 aliphatic heterocycles. The minimum atomic E-state index is -4.80. The second kappa shape index (κ2) is 9.28. The average Bonchev–Trinajstić information content (AvgIpc) is 3.06. The molecule has 172 valence electrons. The molecule has 3 rings (SSSR count). The number of nitro groups is 1. The number of halogens is 4. The molecule has 0 aliphatic rings. The number of nitrogens with one attached hydrogen (secondary N) is 1. The molecule has 0 saturated carbocycles. The van der Waals surface area contributed by atoms with Crippen LogP contribution < -0.4 is 5.32 Å². The van der Waals surface area contributed by atoms with Gasteiger partial charge in [-0.1, -0.05) is 29.8 Å². The maximum Gasteiger partial charge on any atom is 0.416 e. The number of para-hydroxylation sites is 1. The van der Waals surface area contributed by atoms with E-state index in [1.807, 2.05) is 0 Å². The van der Waals surface area contributed by atoms with E-state index in [0.29, 0.717) is 17.8 Å². The van der Waals surface area contributed by atoms with Gasteiger partial charge in [-0.25, -0.2) is 9.48 Å². The first-order valence-electron chi connectivity index (χ1n) is 9.12. The summed E-state index contributed by atoms with van der Waals surface area (Å²) in [6.07, 6.45) is -4.80. The van der Waals surface area contributed by atoms with Crippen LogP contribution in [0.2, 0.25) is 5.15 Å². The molecule has 0 unspecified atom stereocenters. The zero-order valence-corrected chi connectivity index (χ0v) is 17.5. The predicted octanol–water partition coefficient (Wildman–Crippen LogP) is 4.56. The number of rotatable bonds is 6. The van der Waals surface area contributed by atoms with Gasteiger partial charge in [0.25, 0.3) is 11.6 Å². The fourth-order valence-electron chi connectivity index (χ4n) is 2.83. The highest BCUT2D eigenvalue weighted by atomic mass is 35.5. The molecule has 2 aromatic carbocycles. The van der Waals surface area contributed by atoms with Crippen molar-refractivity contribution in [1.82, 2.24) is 9.78 Å². The minimum absolute atomic E-state index is 0.0533. The van der Waals surface area contributed by atoms with Gasteiger partial charge in [0.05, 0.1) is 21.9 Å². The lowest BCUT2D eigenvalue weighted by Crippen LogP contribution is -2.22. The fourth-order valence-corrected chi connectivity index (χ4v) is 3.17. The number of nitrogens with zero attached hydrogens (tertiary/aromatic N) is 3. The molecule has 9 nitrogen and oxygen atoms in total. The summed E-state index contributed by atoms with van der Waals surface area (Å²) in [6, 6.07) is 10.3. The van der Waals surface area contributed by atoms with E-state index in [-0.39, 0.29) is 16.4 Å². The predicted molar refractivity (Wildman–Crippen MR) is 110 cm³/mol. The summed E-state index contributed by atoms with van der Waals surface area (Å²) in [4.78, 5) is 34.6. The van der Waals surface area contributed by atoms with E-state index in [4.69, 9.17) is 16.3 Å². The van der Waals surface area contributed by atoms with Crippen molar-refractivity contribution >= 4 is 34.9 Å². The molecule has 0 radical (unpaired) electrons. The van der Waals surface area contributed by atoms with Gasteiger partial charge in [-0.05, 0) is 31.2 Å². The van der Waals surface area contributed by atoms with E-state index < -0.39 is 46.5 Å². The number of ether oxygens (including phenoxy) is 1. The molecule has 3 aromatic rings. The third kappa shape index (κ3) is 5.29. The number of anilines is 1. The van der Waals surface area contributed by atoms with Gasteiger partial charge in [0.2, 0.25) is 0 Å². The number of carbonyl (C=O) groups is 2. The number of aromatic nitrogens is 2. The van der Waals surface area contributed by atoms with E-state index in [1.54, 1.807) is 30.3 Å². The quantitative estimate of drug-likeness (QED) is 0.313. The Bertz CT molecular complexity index is 1230. The Hall–Kier alpha value is -3.93. The van der Waals surface area contributed by atoms with E-state index in [9.17, 15) is 32.9 Å². The van der Waals surface area contributed by atoms with Crippen LogP contribution in [0.25, 0.3) is 5.69 Å². The number of hydrogen-bond donors (Lipinski definition) is 1. The van der Waals surface area contributed by atoms with Crippen molar-refractivity contribution < 1.29 is 32.4 Å². The molecule has 0 bridgehead atoms. The summed E-state index contributed by atoms with van der Waals surface area (Å²) in [7, 11) is 0. The number of benzene rings is 2. The second-order valence-corrected chi connectivity index (χ2v) is 6.97. The summed E-state index contributed by atoms with van der Waals surface area (Å²) in [5, 5.41) is 17.3. The molecular formula is C20H14ClF3N4O5. The zero-order valence-electron chi connectivity index (χ0n) is 16.7. The molecular weight excluding hydrogens is 469 g/mol. The fraction of sp³-hybridized carbons (Fsp3) is 0.150. The molecule has 1 aromatic heterocycles. The summed E-state index contributed by atoms with van der Waals surface area (Å²) < 4.78 is 44.6. The third-order valence-electron chi connectivity index (χ3n) is 4.34. The first kappa shape index (κ1) is 23.7. The van der Waals surface area contributed by atoms with Crippen molar-refractivity contribution in [3.05, 3.63) is 80.6 Å². The number of amides is 1. The lowest BCUT2D eigenvalue weighted by Gasteiger charge is -2.10. The van der Waals surface area contributed by atoms with Crippen LogP contribution in [0.4, 0.5) is 24.5 Å². The number of nitro benzene ring substituents is 1. The van der Waals surface area contributed by atoms with Crippen molar-refractivity contribution in [1.29, 1.82) is 0 Å². The smallest absolute Gasteiger partial charge is 0.416 e. The largest absolute Gasteiger partial charge is 0.452 e. The number of aryl methyl sites for hydroxylation is 1. The van der Waals surface area contributed by atoms with Crippen LogP contribution in [0, 0.1) is 17.0 Å². The Morgan fingerprint density at radius 1 is 1.21 bits per heavy atom. The average molecular weight is 483 g/mol. The van der Waals surface area contributed by atoms with Crippen LogP contribution in [0.5, 0.6) is 0 Å². The van der Waals surface area contributed by atoms with Gasteiger partial charge in [0.15, 0.2) is 6.61 Å². The van der Waals surface area contributed by atoms with Crippen LogP contribution in [-0.4, -0.2) is 33.2 Å². The number of hydrogen-bond acceptors (Lipinski definition) is 6. The highest BCUT2D eigenvalue weighted by molar-refractivity contribution is 6.33. The summed E-state index contributed by atoms with van der Waals surface area (Å²) in [6.45, 7) is 0.636. The van der Waals surface area contributed by atoms with Crippen LogP contribution in [-0.2, 0) is 15.7 Å². The van der Waals surface area contributed by atoms with Crippen LogP contribution >= 0.6 is 11.6 Å². The van der Waals surface area contributed by atoms with Gasteiger partial charge in [-0.15, -0.1) is 0 Å². The van der Waals surface area contributed by atoms with Crippen molar-refractivity contribution in [2.24, 2.45) is 0 Å². The molecule has 0 saturated heterocycles. The highest BCUT2D eigenvalue weighted by Crippen LogP contribution is 2.35. The Morgan fingerprint density at radius 2 is 1.88 bits per heavy atom. The van der Waals surface area contributed by atoms with Crippen molar-refractivity contribution in [2.75, 3.05) is 11.9 Å². The number of esters is 1. The van der Waals surface area contributed by atoms with Gasteiger partial charge in [-0.2, -0.15) is 18.3 Å². The van der Waals surface area contributed by atoms with Gasteiger partial charge >= 0.3 is 12.1 Å². The molecule has 1 amide bonds. The Kier molecular flexibility index (Phi) is 6.68. The van der Waals surface area contributed by atoms with E-state index >= 15 is 0 Å².